The number of alkyl halides is 3. The molecular formula is C22H29F4N3O3S. The molecule has 1 aromatic rings. The number of halogens is 4. The number of nitrogens with one attached hydrogen (secondary N) is 1. The lowest BCUT2D eigenvalue weighted by atomic mass is 9.97. The Morgan fingerprint density at radius 3 is 2.39 bits per heavy atom. The highest BCUT2D eigenvalue weighted by atomic mass is 32.2. The second kappa shape index (κ2) is 10.3. The Hall–Kier alpha value is -1.72. The quantitative estimate of drug-likeness (QED) is 0.535. The van der Waals surface area contributed by atoms with Crippen molar-refractivity contribution in [1.82, 2.24) is 13.9 Å². The highest BCUT2D eigenvalue weighted by Crippen LogP contribution is 2.45. The highest BCUT2D eigenvalue weighted by molar-refractivity contribution is 7.81. The summed E-state index contributed by atoms with van der Waals surface area (Å²) in [5.74, 6) is -0.636. The molecule has 11 heteroatoms. The topological polar surface area (TPSA) is 61.9 Å². The molecule has 1 saturated carbocycles. The molecule has 2 aliphatic heterocycles. The molecule has 33 heavy (non-hydrogen) atoms. The molecule has 2 heterocycles. The first-order chi connectivity index (χ1) is 15.7. The number of rotatable bonds is 9. The fourth-order valence-corrected chi connectivity index (χ4v) is 5.09. The summed E-state index contributed by atoms with van der Waals surface area (Å²) in [6.07, 6.45) is -0.717. The molecule has 1 unspecified atom stereocenters. The van der Waals surface area contributed by atoms with E-state index in [9.17, 15) is 26.6 Å². The molecule has 0 bridgehead atoms. The van der Waals surface area contributed by atoms with Gasteiger partial charge in [-0.3, -0.25) is 9.52 Å². The highest BCUT2D eigenvalue weighted by Gasteiger charge is 2.32. The molecule has 0 radical (unpaired) electrons. The molecule has 6 nitrogen and oxygen atoms in total. The zero-order valence-corrected chi connectivity index (χ0v) is 19.2. The van der Waals surface area contributed by atoms with Gasteiger partial charge in [0.05, 0.1) is 18.6 Å². The molecule has 3 aliphatic rings. The summed E-state index contributed by atoms with van der Waals surface area (Å²) >= 11 is -1.67. The summed E-state index contributed by atoms with van der Waals surface area (Å²) in [5, 5.41) is 0. The van der Waals surface area contributed by atoms with Gasteiger partial charge in [-0.2, -0.15) is 13.2 Å². The first kappa shape index (κ1) is 24.4. The molecule has 1 aromatic carbocycles. The summed E-state index contributed by atoms with van der Waals surface area (Å²) in [6.45, 7) is 2.81. The van der Waals surface area contributed by atoms with Gasteiger partial charge >= 0.3 is 6.18 Å². The van der Waals surface area contributed by atoms with Gasteiger partial charge in [0.15, 0.2) is 11.2 Å². The lowest BCUT2D eigenvalue weighted by Crippen LogP contribution is -2.45. The number of hydrogen-bond donors (Lipinski definition) is 1. The van der Waals surface area contributed by atoms with Gasteiger partial charge in [-0.15, -0.1) is 0 Å². The monoisotopic (exact) mass is 491 g/mol. The van der Waals surface area contributed by atoms with Gasteiger partial charge in [0.25, 0.3) is 5.91 Å². The summed E-state index contributed by atoms with van der Waals surface area (Å²) in [6, 6.07) is 2.73. The fourth-order valence-electron chi connectivity index (χ4n) is 4.11. The van der Waals surface area contributed by atoms with E-state index in [1.165, 1.54) is 12.1 Å². The normalized spacial score (nSPS) is 21.5. The predicted molar refractivity (Wildman–Crippen MR) is 116 cm³/mol. The van der Waals surface area contributed by atoms with Crippen molar-refractivity contribution >= 4 is 17.1 Å². The minimum atomic E-state index is -4.14. The van der Waals surface area contributed by atoms with Crippen molar-refractivity contribution in [3.8, 4) is 5.75 Å². The number of carbonyl (C=O) groups is 1. The Balaban J connectivity index is 1.33. The van der Waals surface area contributed by atoms with Crippen LogP contribution in [-0.2, 0) is 11.2 Å². The molecule has 184 valence electrons. The maximum Gasteiger partial charge on any atom is 0.390 e. The molecule has 1 aliphatic carbocycles. The largest absolute Gasteiger partial charge is 0.493 e. The molecule has 0 spiro atoms. The van der Waals surface area contributed by atoms with E-state index in [0.717, 1.165) is 37.7 Å². The van der Waals surface area contributed by atoms with E-state index in [1.807, 2.05) is 4.90 Å². The molecule has 3 fully saturated rings. The number of benzene rings is 1. The molecule has 1 atom stereocenters. The van der Waals surface area contributed by atoms with Crippen molar-refractivity contribution < 1.29 is 31.3 Å². The SMILES string of the molecule is O=C(NS(=O)N1CCC1)c1cc(C2CC2)c(OCC2CCN(CCC(F)(F)F)CC2)cc1F. The number of piperidine rings is 1. The van der Waals surface area contributed by atoms with Crippen molar-refractivity contribution in [1.29, 1.82) is 0 Å². The van der Waals surface area contributed by atoms with Crippen LogP contribution >= 0.6 is 0 Å². The Morgan fingerprint density at radius 2 is 1.82 bits per heavy atom. The Bertz CT molecular complexity index is 882. The van der Waals surface area contributed by atoms with Crippen LogP contribution in [0.15, 0.2) is 12.1 Å². The summed E-state index contributed by atoms with van der Waals surface area (Å²) in [5.41, 5.74) is 0.634. The van der Waals surface area contributed by atoms with Gasteiger partial charge in [-0.1, -0.05) is 0 Å². The Kier molecular flexibility index (Phi) is 7.59. The van der Waals surface area contributed by atoms with E-state index in [-0.39, 0.29) is 23.9 Å². The average molecular weight is 492 g/mol. The number of amides is 1. The Morgan fingerprint density at radius 1 is 1.12 bits per heavy atom. The van der Waals surface area contributed by atoms with Crippen LogP contribution in [0.1, 0.15) is 60.4 Å². The van der Waals surface area contributed by atoms with Crippen LogP contribution < -0.4 is 9.46 Å². The van der Waals surface area contributed by atoms with Crippen molar-refractivity contribution in [2.24, 2.45) is 5.92 Å². The standard InChI is InChI=1S/C22H29F4N3O3S/c23-19-13-20(32-14-15-4-9-28(10-5-15)11-6-22(24,25)26)17(16-2-3-16)12-18(19)21(30)27-33(31)29-7-1-8-29/h12-13,15-16H,1-11,14H2,(H,27,30). The van der Waals surface area contributed by atoms with Crippen molar-refractivity contribution in [2.75, 3.05) is 39.3 Å². The summed E-state index contributed by atoms with van der Waals surface area (Å²) < 4.78 is 74.0. The molecule has 2 saturated heterocycles. The zero-order valence-electron chi connectivity index (χ0n) is 18.3. The smallest absolute Gasteiger partial charge is 0.390 e. The summed E-state index contributed by atoms with van der Waals surface area (Å²) in [4.78, 5) is 14.3. The molecule has 1 amide bonds. The number of nitrogens with zero attached hydrogens (tertiary/aromatic N) is 2. The first-order valence-corrected chi connectivity index (χ1v) is 12.5. The van der Waals surface area contributed by atoms with Crippen molar-refractivity contribution in [3.05, 3.63) is 29.1 Å². The van der Waals surface area contributed by atoms with Gasteiger partial charge in [-0.25, -0.2) is 12.9 Å². The van der Waals surface area contributed by atoms with Gasteiger partial charge in [0.1, 0.15) is 11.6 Å². The second-order valence-corrected chi connectivity index (χ2v) is 10.3. The minimum Gasteiger partial charge on any atom is -0.493 e. The average Bonchev–Trinajstić information content (AvgIpc) is 3.54. The number of hydrogen-bond acceptors (Lipinski definition) is 4. The third kappa shape index (κ3) is 6.66. The first-order valence-electron chi connectivity index (χ1n) is 11.4. The molecular weight excluding hydrogens is 462 g/mol. The maximum atomic E-state index is 14.8. The van der Waals surface area contributed by atoms with Gasteiger partial charge in [-0.05, 0) is 68.7 Å². The lowest BCUT2D eigenvalue weighted by Gasteiger charge is -2.32. The predicted octanol–water partition coefficient (Wildman–Crippen LogP) is 3.76. The third-order valence-electron chi connectivity index (χ3n) is 6.48. The second-order valence-electron chi connectivity index (χ2n) is 9.07. The van der Waals surface area contributed by atoms with E-state index in [0.29, 0.717) is 38.5 Å². The van der Waals surface area contributed by atoms with Crippen LogP contribution in [0.25, 0.3) is 0 Å². The van der Waals surface area contributed by atoms with Crippen molar-refractivity contribution in [2.45, 2.75) is 50.6 Å². The third-order valence-corrected chi connectivity index (χ3v) is 7.68. The number of likely N-dealkylation sites (tertiary alicyclic amines) is 1. The zero-order chi connectivity index (χ0) is 23.6. The molecule has 0 aromatic heterocycles. The van der Waals surface area contributed by atoms with E-state index >= 15 is 0 Å². The summed E-state index contributed by atoms with van der Waals surface area (Å²) in [7, 11) is 0. The fraction of sp³-hybridized carbons (Fsp3) is 0.682. The van der Waals surface area contributed by atoms with Crippen LogP contribution in [-0.4, -0.2) is 64.8 Å². The van der Waals surface area contributed by atoms with Crippen molar-refractivity contribution in [3.63, 3.8) is 0 Å². The van der Waals surface area contributed by atoms with E-state index in [1.54, 1.807) is 4.31 Å². The van der Waals surface area contributed by atoms with Gasteiger partial charge in [0, 0.05) is 25.7 Å². The minimum absolute atomic E-state index is 0.0141. The van der Waals surface area contributed by atoms with Crippen LogP contribution in [0.2, 0.25) is 0 Å². The van der Waals surface area contributed by atoms with Crippen LogP contribution in [0.4, 0.5) is 17.6 Å². The number of ether oxygens (including phenoxy) is 1. The van der Waals surface area contributed by atoms with Gasteiger partial charge < -0.3 is 9.64 Å². The van der Waals surface area contributed by atoms with E-state index < -0.39 is 35.5 Å². The number of carbonyl (C=O) groups excluding carboxylic acids is 1. The van der Waals surface area contributed by atoms with Gasteiger partial charge in [0.2, 0.25) is 0 Å². The van der Waals surface area contributed by atoms with Crippen LogP contribution in [0.3, 0.4) is 0 Å². The maximum absolute atomic E-state index is 14.8. The van der Waals surface area contributed by atoms with Crippen LogP contribution in [0, 0.1) is 11.7 Å². The lowest BCUT2D eigenvalue weighted by molar-refractivity contribution is -0.138. The van der Waals surface area contributed by atoms with E-state index in [4.69, 9.17) is 4.74 Å². The Labute approximate surface area is 193 Å². The van der Waals surface area contributed by atoms with E-state index in [2.05, 4.69) is 4.72 Å². The molecule has 1 N–H and O–H groups in total. The van der Waals surface area contributed by atoms with Crippen LogP contribution in [0.5, 0.6) is 5.75 Å². The molecule has 4 rings (SSSR count).